The van der Waals surface area contributed by atoms with E-state index in [2.05, 4.69) is 16.9 Å². The van der Waals surface area contributed by atoms with E-state index in [0.29, 0.717) is 11.6 Å². The van der Waals surface area contributed by atoms with Gasteiger partial charge in [0.05, 0.1) is 5.71 Å². The van der Waals surface area contributed by atoms with Crippen molar-refractivity contribution in [2.45, 2.75) is 113 Å². The van der Waals surface area contributed by atoms with E-state index in [1.54, 1.807) is 0 Å². The summed E-state index contributed by atoms with van der Waals surface area (Å²) >= 11 is 7.81. The molecule has 5 aliphatic heterocycles. The standard InChI is InChI=1S/C6H10OS.C6H12S.C5H9NOS.C5H8OS.C4H8O.4CH4.Al.Li.4H/c7-6-2-1-4-8-5-3-6;1-2-4-6-7-5-3-1;7-6-5-1-3-8-4-2-5;6-5-1-3-7-4-2-5;1-2-4-5-3-1;;;;;;;;;;/h1-5H2;1-6H2;7H,1-4H2;1-4H2;1-4H2;4*1H4;;;;;;/q;;;;;;;;;;+1;;;;-1. The van der Waals surface area contributed by atoms with E-state index in [1.807, 2.05) is 35.3 Å². The van der Waals surface area contributed by atoms with Crippen molar-refractivity contribution in [2.24, 2.45) is 5.16 Å². The molecule has 0 aromatic rings. The summed E-state index contributed by atoms with van der Waals surface area (Å²) in [6.07, 6.45) is 14.7. The first-order valence-electron chi connectivity index (χ1n) is 13.3. The maximum Gasteiger partial charge on any atom is 1.00 e. The third-order valence-corrected chi connectivity index (χ3v) is 9.88. The monoisotopic (exact) mass is 667 g/mol. The summed E-state index contributed by atoms with van der Waals surface area (Å²) in [5, 5.41) is 11.4. The Morgan fingerprint density at radius 1 is 0.537 bits per heavy atom. The van der Waals surface area contributed by atoms with Crippen LogP contribution in [-0.4, -0.2) is 99.1 Å². The second-order valence-corrected chi connectivity index (χ2v) is 13.7. The maximum atomic E-state index is 10.7. The molecule has 5 nitrogen and oxygen atoms in total. The van der Waals surface area contributed by atoms with Crippen molar-refractivity contribution in [2.75, 3.05) is 59.2 Å². The Balaban J connectivity index is -0.0000000704. The van der Waals surface area contributed by atoms with Crippen molar-refractivity contribution in [3.05, 3.63) is 0 Å². The van der Waals surface area contributed by atoms with Crippen LogP contribution in [0.5, 0.6) is 0 Å². The zero-order chi connectivity index (χ0) is 25.2. The molecule has 0 aromatic carbocycles. The van der Waals surface area contributed by atoms with Gasteiger partial charge in [-0.1, -0.05) is 47.7 Å². The van der Waals surface area contributed by atoms with Crippen molar-refractivity contribution in [1.82, 2.24) is 0 Å². The molecule has 5 fully saturated rings. The molecule has 0 aromatic heterocycles. The van der Waals surface area contributed by atoms with Gasteiger partial charge in [0.25, 0.3) is 0 Å². The van der Waals surface area contributed by atoms with Crippen LogP contribution in [0, 0.1) is 0 Å². The van der Waals surface area contributed by atoms with Crippen molar-refractivity contribution in [3.63, 3.8) is 0 Å². The molecule has 5 heterocycles. The van der Waals surface area contributed by atoms with Crippen molar-refractivity contribution >= 4 is 81.7 Å². The Morgan fingerprint density at radius 2 is 0.902 bits per heavy atom. The van der Waals surface area contributed by atoms with E-state index in [-0.39, 0.29) is 67.4 Å². The minimum atomic E-state index is 0. The average molecular weight is 668 g/mol. The first-order chi connectivity index (χ1) is 17.2. The number of ether oxygens (including phenoxy) is 1. The number of thioether (sulfide) groups is 4. The van der Waals surface area contributed by atoms with Crippen LogP contribution in [0.15, 0.2) is 5.16 Å². The molecule has 41 heavy (non-hydrogen) atoms. The van der Waals surface area contributed by atoms with Gasteiger partial charge in [-0.05, 0) is 73.7 Å². The summed E-state index contributed by atoms with van der Waals surface area (Å²) in [6.45, 7) is 2.00. The fourth-order valence-corrected chi connectivity index (χ4v) is 7.32. The van der Waals surface area contributed by atoms with E-state index in [9.17, 15) is 9.59 Å². The molecular weight excluding hydrogens is 601 g/mol. The van der Waals surface area contributed by atoms with Crippen LogP contribution >= 0.6 is 47.0 Å². The van der Waals surface area contributed by atoms with E-state index in [4.69, 9.17) is 9.94 Å². The van der Waals surface area contributed by atoms with E-state index in [1.165, 1.54) is 55.8 Å². The van der Waals surface area contributed by atoms with Crippen LogP contribution in [-0.2, 0) is 14.3 Å². The number of ketones is 2. The Morgan fingerprint density at radius 3 is 1.27 bits per heavy atom. The second kappa shape index (κ2) is 43.4. The van der Waals surface area contributed by atoms with Gasteiger partial charge in [-0.25, -0.2) is 0 Å². The summed E-state index contributed by atoms with van der Waals surface area (Å²) in [5.74, 6) is 10.3. The fourth-order valence-electron chi connectivity index (χ4n) is 3.46. The summed E-state index contributed by atoms with van der Waals surface area (Å²) in [5.41, 5.74) is 0.962. The van der Waals surface area contributed by atoms with Crippen LogP contribution < -0.4 is 18.9 Å². The molecule has 0 saturated carbocycles. The molecule has 244 valence electrons. The summed E-state index contributed by atoms with van der Waals surface area (Å²) in [4.78, 5) is 21.1. The molecule has 5 saturated heterocycles. The first kappa shape index (κ1) is 54.8. The quantitative estimate of drug-likeness (QED) is 0.207. The number of hydrogen-bond donors (Lipinski definition) is 1. The second-order valence-electron chi connectivity index (χ2n) is 8.78. The third-order valence-electron chi connectivity index (χ3n) is 5.69. The Kier molecular flexibility index (Phi) is 58.0. The number of carbonyl (C=O) groups excluding carboxylic acids is 2. The molecule has 0 atom stereocenters. The molecule has 1 N–H and O–H groups in total. The molecular formula is C30H67AlLiNO4S4. The predicted molar refractivity (Wildman–Crippen MR) is 197 cm³/mol. The van der Waals surface area contributed by atoms with Crippen LogP contribution in [0.2, 0.25) is 0 Å². The maximum absolute atomic E-state index is 10.7. The van der Waals surface area contributed by atoms with Gasteiger partial charge >= 0.3 is 18.9 Å². The summed E-state index contributed by atoms with van der Waals surface area (Å²) < 4.78 is 4.94. The molecule has 0 aliphatic carbocycles. The average Bonchev–Trinajstić information content (AvgIpc) is 3.21. The van der Waals surface area contributed by atoms with Gasteiger partial charge in [0.2, 0.25) is 0 Å². The molecule has 0 unspecified atom stereocenters. The van der Waals surface area contributed by atoms with Crippen LogP contribution in [0.4, 0.5) is 0 Å². The van der Waals surface area contributed by atoms with E-state index < -0.39 is 0 Å². The first-order valence-corrected chi connectivity index (χ1v) is 18.0. The predicted octanol–water partition coefficient (Wildman–Crippen LogP) is 5.47. The van der Waals surface area contributed by atoms with E-state index >= 15 is 0 Å². The fraction of sp³-hybridized carbons (Fsp3) is 0.900. The number of Topliss-reactive ketones (excluding diaryl/α,β-unsaturated/α-hetero) is 2. The van der Waals surface area contributed by atoms with Crippen molar-refractivity contribution < 1.29 is 39.8 Å². The minimum Gasteiger partial charge on any atom is -1.00 e. The van der Waals surface area contributed by atoms with Crippen molar-refractivity contribution in [3.8, 4) is 0 Å². The molecule has 0 amide bonds. The van der Waals surface area contributed by atoms with Gasteiger partial charge in [0.15, 0.2) is 17.4 Å². The third kappa shape index (κ3) is 39.3. The molecule has 0 bridgehead atoms. The summed E-state index contributed by atoms with van der Waals surface area (Å²) in [6, 6.07) is 0. The molecule has 11 heteroatoms. The van der Waals surface area contributed by atoms with Gasteiger partial charge in [-0.3, -0.25) is 9.59 Å². The SMILES string of the molecule is C.C.C.C.C1CCCSCC1.C1CCOC1.O=C1CCCSCC1.O=C1CCSCC1.ON=C1CCSCC1.[AlH3].[H-].[Li+]. The van der Waals surface area contributed by atoms with E-state index in [0.717, 1.165) is 92.6 Å². The minimum absolute atomic E-state index is 0. The molecule has 0 spiro atoms. The number of carbonyl (C=O) groups is 2. The van der Waals surface area contributed by atoms with Gasteiger partial charge < -0.3 is 11.4 Å². The normalized spacial score (nSPS) is 19.4. The molecule has 5 aliphatic rings. The largest absolute Gasteiger partial charge is 1.00 e. The number of nitrogens with zero attached hydrogens (tertiary/aromatic N) is 1. The zero-order valence-corrected chi connectivity index (χ0v) is 25.8. The Hall–Kier alpha value is 1.30. The van der Waals surface area contributed by atoms with Crippen molar-refractivity contribution in [1.29, 1.82) is 0 Å². The van der Waals surface area contributed by atoms with Gasteiger partial charge in [0, 0.05) is 56.2 Å². The van der Waals surface area contributed by atoms with Gasteiger partial charge in [-0.2, -0.15) is 47.0 Å². The topological polar surface area (TPSA) is 76.0 Å². The molecule has 5 rings (SSSR count). The Bertz CT molecular complexity index is 528. The smallest absolute Gasteiger partial charge is 1.00 e. The van der Waals surface area contributed by atoms with Gasteiger partial charge in [0.1, 0.15) is 11.6 Å². The molecule has 0 radical (unpaired) electrons. The number of rotatable bonds is 0. The summed E-state index contributed by atoms with van der Waals surface area (Å²) in [7, 11) is 0. The number of oxime groups is 1. The number of hydrogen-bond acceptors (Lipinski definition) is 9. The van der Waals surface area contributed by atoms with Crippen LogP contribution in [0.3, 0.4) is 0 Å². The van der Waals surface area contributed by atoms with Gasteiger partial charge in [-0.15, -0.1) is 0 Å². The Labute approximate surface area is 297 Å². The van der Waals surface area contributed by atoms with Crippen LogP contribution in [0.1, 0.15) is 115 Å². The van der Waals surface area contributed by atoms with Crippen LogP contribution in [0.25, 0.3) is 0 Å². The zero-order valence-electron chi connectivity index (χ0n) is 23.5.